The van der Waals surface area contributed by atoms with E-state index in [9.17, 15) is 0 Å². The van der Waals surface area contributed by atoms with Crippen molar-refractivity contribution in [2.24, 2.45) is 0 Å². The minimum Gasteiger partial charge on any atom is -0.371 e. The Morgan fingerprint density at radius 2 is 2.20 bits per heavy atom. The lowest BCUT2D eigenvalue weighted by molar-refractivity contribution is -0.00163. The molecule has 1 aromatic heterocycles. The van der Waals surface area contributed by atoms with Crippen molar-refractivity contribution in [1.82, 2.24) is 10.3 Å². The van der Waals surface area contributed by atoms with Gasteiger partial charge in [0, 0.05) is 18.5 Å². The Labute approximate surface area is 95.9 Å². The second-order valence-electron chi connectivity index (χ2n) is 3.85. The normalized spacial score (nSPS) is 15.3. The van der Waals surface area contributed by atoms with Crippen LogP contribution in [0.15, 0.2) is 0 Å². The van der Waals surface area contributed by atoms with Crippen LogP contribution in [-0.4, -0.2) is 19.1 Å². The molecule has 1 N–H and O–H groups in total. The van der Waals surface area contributed by atoms with E-state index in [1.165, 1.54) is 4.88 Å². The Morgan fingerprint density at radius 1 is 1.53 bits per heavy atom. The third-order valence-corrected chi connectivity index (χ3v) is 4.21. The van der Waals surface area contributed by atoms with Crippen molar-refractivity contribution in [2.75, 3.05) is 14.2 Å². The zero-order valence-electron chi connectivity index (χ0n) is 10.2. The number of nitrogens with zero attached hydrogens (tertiary/aromatic N) is 1. The van der Waals surface area contributed by atoms with Crippen LogP contribution < -0.4 is 5.32 Å². The molecule has 0 aliphatic heterocycles. The average molecular weight is 228 g/mol. The van der Waals surface area contributed by atoms with E-state index in [-0.39, 0.29) is 5.60 Å². The lowest BCUT2D eigenvalue weighted by atomic mass is 10.1. The summed E-state index contributed by atoms with van der Waals surface area (Å²) < 4.78 is 5.55. The maximum Gasteiger partial charge on any atom is 0.125 e. The summed E-state index contributed by atoms with van der Waals surface area (Å²) in [6, 6.07) is 0. The number of thiazole rings is 1. The van der Waals surface area contributed by atoms with Gasteiger partial charge in [-0.1, -0.05) is 6.92 Å². The molecule has 0 spiro atoms. The van der Waals surface area contributed by atoms with E-state index in [2.05, 4.69) is 31.1 Å². The molecule has 0 aliphatic carbocycles. The minimum absolute atomic E-state index is 0.235. The fraction of sp³-hybridized carbons (Fsp3) is 0.727. The Bertz CT molecular complexity index is 318. The minimum atomic E-state index is -0.235. The van der Waals surface area contributed by atoms with Gasteiger partial charge in [-0.3, -0.25) is 0 Å². The van der Waals surface area contributed by atoms with Crippen LogP contribution in [0.3, 0.4) is 0 Å². The number of rotatable bonds is 5. The summed E-state index contributed by atoms with van der Waals surface area (Å²) in [6.45, 7) is 7.15. The average Bonchev–Trinajstić information content (AvgIpc) is 2.60. The zero-order valence-corrected chi connectivity index (χ0v) is 11.0. The standard InChI is InChI=1S/C11H20N2OS/c1-6-11(3,14-5)10-13-8(2)9(15-10)7-12-4/h12H,6-7H2,1-5H3. The second-order valence-corrected chi connectivity index (χ2v) is 4.93. The highest BCUT2D eigenvalue weighted by atomic mass is 32.1. The Kier molecular flexibility index (Phi) is 4.25. The largest absolute Gasteiger partial charge is 0.371 e. The van der Waals surface area contributed by atoms with E-state index < -0.39 is 0 Å². The quantitative estimate of drug-likeness (QED) is 0.840. The molecule has 0 aliphatic rings. The molecule has 0 fully saturated rings. The van der Waals surface area contributed by atoms with Crippen molar-refractivity contribution in [3.05, 3.63) is 15.6 Å². The highest BCUT2D eigenvalue weighted by Crippen LogP contribution is 2.33. The third-order valence-electron chi connectivity index (χ3n) is 2.81. The molecular weight excluding hydrogens is 208 g/mol. The van der Waals surface area contributed by atoms with Crippen LogP contribution in [0.5, 0.6) is 0 Å². The van der Waals surface area contributed by atoms with E-state index in [1.54, 1.807) is 18.4 Å². The molecule has 0 amide bonds. The topological polar surface area (TPSA) is 34.1 Å². The number of aromatic nitrogens is 1. The van der Waals surface area contributed by atoms with Crippen LogP contribution in [0.2, 0.25) is 0 Å². The van der Waals surface area contributed by atoms with Crippen LogP contribution in [0.1, 0.15) is 35.8 Å². The SMILES string of the molecule is CCC(C)(OC)c1nc(C)c(CNC)s1. The molecule has 0 radical (unpaired) electrons. The molecule has 0 bridgehead atoms. The van der Waals surface area contributed by atoms with E-state index in [4.69, 9.17) is 4.74 Å². The molecule has 1 heterocycles. The maximum absolute atomic E-state index is 5.55. The molecular formula is C11H20N2OS. The lowest BCUT2D eigenvalue weighted by Gasteiger charge is -2.23. The van der Waals surface area contributed by atoms with Gasteiger partial charge in [0.1, 0.15) is 10.6 Å². The molecule has 0 saturated heterocycles. The molecule has 0 aromatic carbocycles. The summed E-state index contributed by atoms with van der Waals surface area (Å²) in [6.07, 6.45) is 0.940. The first-order valence-corrected chi connectivity index (χ1v) is 6.05. The van der Waals surface area contributed by atoms with E-state index in [0.29, 0.717) is 0 Å². The van der Waals surface area contributed by atoms with Crippen molar-refractivity contribution < 1.29 is 4.74 Å². The van der Waals surface area contributed by atoms with Gasteiger partial charge in [-0.05, 0) is 27.3 Å². The summed E-state index contributed by atoms with van der Waals surface area (Å²) in [7, 11) is 3.70. The van der Waals surface area contributed by atoms with Gasteiger partial charge in [0.25, 0.3) is 0 Å². The fourth-order valence-electron chi connectivity index (χ4n) is 1.36. The van der Waals surface area contributed by atoms with Crippen molar-refractivity contribution in [3.63, 3.8) is 0 Å². The molecule has 3 nitrogen and oxygen atoms in total. The third kappa shape index (κ3) is 2.56. The first-order valence-electron chi connectivity index (χ1n) is 5.24. The summed E-state index contributed by atoms with van der Waals surface area (Å²) in [5.41, 5.74) is 0.877. The first-order chi connectivity index (χ1) is 7.07. The molecule has 1 unspecified atom stereocenters. The molecule has 86 valence electrons. The van der Waals surface area contributed by atoms with Crippen molar-refractivity contribution >= 4 is 11.3 Å². The summed E-state index contributed by atoms with van der Waals surface area (Å²) in [5.74, 6) is 0. The molecule has 1 atom stereocenters. The van der Waals surface area contributed by atoms with Gasteiger partial charge in [0.15, 0.2) is 0 Å². The number of hydrogen-bond acceptors (Lipinski definition) is 4. The molecule has 1 aromatic rings. The smallest absolute Gasteiger partial charge is 0.125 e. The highest BCUT2D eigenvalue weighted by Gasteiger charge is 2.28. The van der Waals surface area contributed by atoms with Crippen molar-refractivity contribution in [2.45, 2.75) is 39.3 Å². The van der Waals surface area contributed by atoms with Crippen LogP contribution in [0, 0.1) is 6.92 Å². The van der Waals surface area contributed by atoms with Crippen LogP contribution in [0.4, 0.5) is 0 Å². The summed E-state index contributed by atoms with van der Waals surface area (Å²) in [4.78, 5) is 5.89. The van der Waals surface area contributed by atoms with E-state index in [1.807, 2.05) is 7.05 Å². The predicted octanol–water partition coefficient (Wildman–Crippen LogP) is 2.44. The van der Waals surface area contributed by atoms with E-state index in [0.717, 1.165) is 23.7 Å². The Hall–Kier alpha value is -0.450. The monoisotopic (exact) mass is 228 g/mol. The highest BCUT2D eigenvalue weighted by molar-refractivity contribution is 7.11. The number of hydrogen-bond donors (Lipinski definition) is 1. The van der Waals surface area contributed by atoms with Gasteiger partial charge in [0.2, 0.25) is 0 Å². The summed E-state index contributed by atoms with van der Waals surface area (Å²) in [5, 5.41) is 4.23. The van der Waals surface area contributed by atoms with Crippen LogP contribution in [-0.2, 0) is 16.9 Å². The van der Waals surface area contributed by atoms with Gasteiger partial charge >= 0.3 is 0 Å². The number of nitrogens with one attached hydrogen (secondary N) is 1. The van der Waals surface area contributed by atoms with Crippen LogP contribution in [0.25, 0.3) is 0 Å². The molecule has 4 heteroatoms. The van der Waals surface area contributed by atoms with Crippen LogP contribution >= 0.6 is 11.3 Å². The number of aryl methyl sites for hydroxylation is 1. The Balaban J connectivity index is 3.00. The Morgan fingerprint density at radius 3 is 2.67 bits per heavy atom. The predicted molar refractivity (Wildman–Crippen MR) is 64.3 cm³/mol. The molecule has 1 rings (SSSR count). The van der Waals surface area contributed by atoms with Gasteiger partial charge < -0.3 is 10.1 Å². The van der Waals surface area contributed by atoms with E-state index >= 15 is 0 Å². The van der Waals surface area contributed by atoms with Crippen molar-refractivity contribution in [3.8, 4) is 0 Å². The summed E-state index contributed by atoms with van der Waals surface area (Å²) >= 11 is 1.74. The number of ether oxygens (including phenoxy) is 1. The van der Waals surface area contributed by atoms with Crippen molar-refractivity contribution in [1.29, 1.82) is 0 Å². The van der Waals surface area contributed by atoms with Gasteiger partial charge in [0.05, 0.1) is 5.69 Å². The first kappa shape index (κ1) is 12.6. The van der Waals surface area contributed by atoms with Gasteiger partial charge in [-0.25, -0.2) is 4.98 Å². The van der Waals surface area contributed by atoms with Gasteiger partial charge in [-0.2, -0.15) is 0 Å². The lowest BCUT2D eigenvalue weighted by Crippen LogP contribution is -2.22. The second kappa shape index (κ2) is 5.05. The van der Waals surface area contributed by atoms with Gasteiger partial charge in [-0.15, -0.1) is 11.3 Å². The fourth-order valence-corrected chi connectivity index (χ4v) is 2.63. The number of methoxy groups -OCH3 is 1. The zero-order chi connectivity index (χ0) is 11.5. The molecule has 0 saturated carbocycles. The molecule has 15 heavy (non-hydrogen) atoms. The maximum atomic E-state index is 5.55.